The molecular formula is C59H104O6. The smallest absolute Gasteiger partial charge is 0.306 e. The predicted molar refractivity (Wildman–Crippen MR) is 279 cm³/mol. The van der Waals surface area contributed by atoms with E-state index in [0.29, 0.717) is 19.3 Å². The van der Waals surface area contributed by atoms with Crippen LogP contribution in [0.2, 0.25) is 0 Å². The molecule has 0 aliphatic carbocycles. The maximum Gasteiger partial charge on any atom is 0.306 e. The largest absolute Gasteiger partial charge is 0.462 e. The van der Waals surface area contributed by atoms with Crippen molar-refractivity contribution in [2.75, 3.05) is 13.2 Å². The molecule has 6 nitrogen and oxygen atoms in total. The summed E-state index contributed by atoms with van der Waals surface area (Å²) in [5.74, 6) is -0.900. The third-order valence-electron chi connectivity index (χ3n) is 12.0. The molecule has 0 aliphatic rings. The normalized spacial score (nSPS) is 12.5. The SMILES string of the molecule is CCCCC/C=C\C/C=C\CCCCCCCCCC(=O)OCC(COC(=O)CCCCCCC/C=C\CCCCCC)OC(=O)CCCCCCCCC/C=C\C/C=C\CCCCC. The highest BCUT2D eigenvalue weighted by atomic mass is 16.6. The molecule has 0 fully saturated rings. The minimum atomic E-state index is -0.784. The lowest BCUT2D eigenvalue weighted by Crippen LogP contribution is -2.30. The van der Waals surface area contributed by atoms with E-state index in [2.05, 4.69) is 81.5 Å². The number of carbonyl (C=O) groups is 3. The Hall–Kier alpha value is -2.89. The average Bonchev–Trinajstić information content (AvgIpc) is 3.30. The van der Waals surface area contributed by atoms with Gasteiger partial charge in [-0.15, -0.1) is 0 Å². The Balaban J connectivity index is 4.40. The van der Waals surface area contributed by atoms with Gasteiger partial charge in [-0.05, 0) is 109 Å². The molecule has 0 aromatic carbocycles. The molecule has 1 unspecified atom stereocenters. The fourth-order valence-corrected chi connectivity index (χ4v) is 7.73. The van der Waals surface area contributed by atoms with Crippen molar-refractivity contribution in [2.24, 2.45) is 0 Å². The Labute approximate surface area is 402 Å². The summed E-state index contributed by atoms with van der Waals surface area (Å²) in [5, 5.41) is 0. The van der Waals surface area contributed by atoms with Crippen molar-refractivity contribution in [3.8, 4) is 0 Å². The standard InChI is InChI=1S/C59H104O6/c1-4-7-10-13-16-19-22-25-27-29-31-34-37-40-43-46-49-52-58(61)64-55-56(54-63-57(60)51-48-45-42-39-36-33-24-21-18-15-12-9-6-3)65-59(62)53-50-47-44-41-38-35-32-30-28-26-23-20-17-14-11-8-5-2/h16-17,19-21,24-28,56H,4-15,18,22-23,29-55H2,1-3H3/b19-16-,20-17-,24-21-,27-25-,28-26-. The van der Waals surface area contributed by atoms with Crippen LogP contribution in [0.1, 0.15) is 278 Å². The van der Waals surface area contributed by atoms with Gasteiger partial charge in [0.05, 0.1) is 0 Å². The van der Waals surface area contributed by atoms with Gasteiger partial charge in [0, 0.05) is 19.3 Å². The zero-order valence-electron chi connectivity index (χ0n) is 43.0. The molecule has 0 radical (unpaired) electrons. The van der Waals surface area contributed by atoms with Gasteiger partial charge in [-0.2, -0.15) is 0 Å². The van der Waals surface area contributed by atoms with E-state index in [0.717, 1.165) is 89.9 Å². The van der Waals surface area contributed by atoms with Crippen molar-refractivity contribution in [3.63, 3.8) is 0 Å². The number of rotatable bonds is 50. The highest BCUT2D eigenvalue weighted by Crippen LogP contribution is 2.15. The highest BCUT2D eigenvalue weighted by Gasteiger charge is 2.19. The Morgan fingerprint density at radius 2 is 0.554 bits per heavy atom. The van der Waals surface area contributed by atoms with Crippen LogP contribution in [0.15, 0.2) is 60.8 Å². The summed E-state index contributed by atoms with van der Waals surface area (Å²) in [6, 6.07) is 0. The molecule has 0 aliphatic heterocycles. The molecule has 0 spiro atoms. The van der Waals surface area contributed by atoms with Gasteiger partial charge >= 0.3 is 17.9 Å². The van der Waals surface area contributed by atoms with E-state index in [4.69, 9.17) is 14.2 Å². The van der Waals surface area contributed by atoms with Crippen molar-refractivity contribution in [2.45, 2.75) is 284 Å². The Kier molecular flexibility index (Phi) is 51.3. The summed E-state index contributed by atoms with van der Waals surface area (Å²) in [6.07, 6.45) is 66.2. The lowest BCUT2D eigenvalue weighted by atomic mass is 10.1. The molecule has 0 saturated heterocycles. The molecule has 1 atom stereocenters. The van der Waals surface area contributed by atoms with Crippen LogP contribution in [-0.2, 0) is 28.6 Å². The summed E-state index contributed by atoms with van der Waals surface area (Å²) >= 11 is 0. The van der Waals surface area contributed by atoms with Gasteiger partial charge in [0.2, 0.25) is 0 Å². The number of esters is 3. The van der Waals surface area contributed by atoms with Crippen molar-refractivity contribution in [3.05, 3.63) is 60.8 Å². The monoisotopic (exact) mass is 909 g/mol. The first-order valence-electron chi connectivity index (χ1n) is 27.8. The third-order valence-corrected chi connectivity index (χ3v) is 12.0. The number of unbranched alkanes of at least 4 members (excludes halogenated alkanes) is 29. The zero-order valence-corrected chi connectivity index (χ0v) is 43.0. The minimum absolute atomic E-state index is 0.0837. The van der Waals surface area contributed by atoms with Crippen LogP contribution in [0.4, 0.5) is 0 Å². The van der Waals surface area contributed by atoms with E-state index in [9.17, 15) is 14.4 Å². The number of hydrogen-bond acceptors (Lipinski definition) is 6. The van der Waals surface area contributed by atoms with Crippen LogP contribution in [0.25, 0.3) is 0 Å². The van der Waals surface area contributed by atoms with Crippen molar-refractivity contribution in [1.29, 1.82) is 0 Å². The molecule has 0 N–H and O–H groups in total. The Morgan fingerprint density at radius 3 is 0.892 bits per heavy atom. The molecule has 6 heteroatoms. The highest BCUT2D eigenvalue weighted by molar-refractivity contribution is 5.71. The second-order valence-electron chi connectivity index (χ2n) is 18.5. The fraction of sp³-hybridized carbons (Fsp3) is 0.780. The lowest BCUT2D eigenvalue weighted by molar-refractivity contribution is -0.167. The van der Waals surface area contributed by atoms with Crippen molar-refractivity contribution < 1.29 is 28.6 Å². The third kappa shape index (κ3) is 51.9. The fourth-order valence-electron chi connectivity index (χ4n) is 7.73. The van der Waals surface area contributed by atoms with Crippen LogP contribution in [0, 0.1) is 0 Å². The summed E-state index contributed by atoms with van der Waals surface area (Å²) in [5.41, 5.74) is 0. The quantitative estimate of drug-likeness (QED) is 0.0262. The second-order valence-corrected chi connectivity index (χ2v) is 18.5. The first kappa shape index (κ1) is 62.1. The molecule has 0 aromatic heterocycles. The average molecular weight is 909 g/mol. The van der Waals surface area contributed by atoms with Gasteiger partial charge in [0.25, 0.3) is 0 Å². The minimum Gasteiger partial charge on any atom is -0.462 e. The van der Waals surface area contributed by atoms with Crippen LogP contribution >= 0.6 is 0 Å². The van der Waals surface area contributed by atoms with Crippen LogP contribution in [0.3, 0.4) is 0 Å². The van der Waals surface area contributed by atoms with E-state index < -0.39 is 6.10 Å². The van der Waals surface area contributed by atoms with E-state index >= 15 is 0 Å². The predicted octanol–water partition coefficient (Wildman–Crippen LogP) is 18.4. The summed E-state index contributed by atoms with van der Waals surface area (Å²) in [6.45, 7) is 6.57. The zero-order chi connectivity index (χ0) is 47.2. The van der Waals surface area contributed by atoms with Crippen LogP contribution < -0.4 is 0 Å². The van der Waals surface area contributed by atoms with Gasteiger partial charge in [-0.3, -0.25) is 14.4 Å². The van der Waals surface area contributed by atoms with Gasteiger partial charge < -0.3 is 14.2 Å². The van der Waals surface area contributed by atoms with Crippen molar-refractivity contribution >= 4 is 17.9 Å². The number of allylic oxidation sites excluding steroid dienone is 10. The molecule has 0 amide bonds. The van der Waals surface area contributed by atoms with E-state index in [1.54, 1.807) is 0 Å². The summed E-state index contributed by atoms with van der Waals surface area (Å²) in [7, 11) is 0. The maximum absolute atomic E-state index is 12.8. The molecule has 0 heterocycles. The van der Waals surface area contributed by atoms with Crippen LogP contribution in [-0.4, -0.2) is 37.2 Å². The van der Waals surface area contributed by atoms with Gasteiger partial charge in [-0.1, -0.05) is 210 Å². The van der Waals surface area contributed by atoms with Gasteiger partial charge in [0.15, 0.2) is 6.10 Å². The second kappa shape index (κ2) is 53.7. The first-order valence-corrected chi connectivity index (χ1v) is 27.8. The molecule has 65 heavy (non-hydrogen) atoms. The van der Waals surface area contributed by atoms with E-state index in [1.165, 1.54) is 148 Å². The lowest BCUT2D eigenvalue weighted by Gasteiger charge is -2.18. The van der Waals surface area contributed by atoms with Gasteiger partial charge in [-0.25, -0.2) is 0 Å². The number of carbonyl (C=O) groups excluding carboxylic acids is 3. The van der Waals surface area contributed by atoms with E-state index in [-0.39, 0.29) is 31.1 Å². The topological polar surface area (TPSA) is 78.9 Å². The molecule has 0 aromatic rings. The molecule has 0 bridgehead atoms. The number of ether oxygens (including phenoxy) is 3. The molecule has 0 rings (SSSR count). The summed E-state index contributed by atoms with van der Waals surface area (Å²) in [4.78, 5) is 38.1. The van der Waals surface area contributed by atoms with Crippen LogP contribution in [0.5, 0.6) is 0 Å². The van der Waals surface area contributed by atoms with E-state index in [1.807, 2.05) is 0 Å². The molecule has 0 saturated carbocycles. The summed E-state index contributed by atoms with van der Waals surface area (Å²) < 4.78 is 16.8. The first-order chi connectivity index (χ1) is 32.0. The Bertz CT molecular complexity index is 1180. The number of hydrogen-bond donors (Lipinski definition) is 0. The molecule has 376 valence electrons. The maximum atomic E-state index is 12.8. The Morgan fingerprint density at radius 1 is 0.308 bits per heavy atom. The van der Waals surface area contributed by atoms with Crippen molar-refractivity contribution in [1.82, 2.24) is 0 Å². The molecular weight excluding hydrogens is 805 g/mol. The van der Waals surface area contributed by atoms with Gasteiger partial charge in [0.1, 0.15) is 13.2 Å².